The van der Waals surface area contributed by atoms with Crippen LogP contribution in [0.4, 0.5) is 10.1 Å². The Morgan fingerprint density at radius 1 is 1.67 bits per heavy atom. The highest BCUT2D eigenvalue weighted by Gasteiger charge is 2.29. The number of halogens is 1. The molecule has 0 aromatic carbocycles. The Hall–Kier alpha value is -1.49. The van der Waals surface area contributed by atoms with Gasteiger partial charge in [-0.3, -0.25) is 4.79 Å². The lowest BCUT2D eigenvalue weighted by Gasteiger charge is -2.15. The molecule has 1 aromatic rings. The summed E-state index contributed by atoms with van der Waals surface area (Å²) in [5, 5.41) is 0. The van der Waals surface area contributed by atoms with E-state index in [0.29, 0.717) is 25.2 Å². The van der Waals surface area contributed by atoms with Gasteiger partial charge in [-0.25, -0.2) is 4.98 Å². The van der Waals surface area contributed by atoms with E-state index in [2.05, 4.69) is 4.98 Å². The molecule has 0 aliphatic carbocycles. The first-order chi connectivity index (χ1) is 7.20. The zero-order valence-electron chi connectivity index (χ0n) is 8.19. The zero-order valence-corrected chi connectivity index (χ0v) is 8.19. The predicted octanol–water partition coefficient (Wildman–Crippen LogP) is 0.532. The first-order valence-electron chi connectivity index (χ1n) is 4.82. The molecule has 1 aromatic heterocycles. The largest absolute Gasteiger partial charge is 0.330 e. The normalized spacial score (nSPS) is 21.1. The molecule has 1 aliphatic heterocycles. The predicted molar refractivity (Wildman–Crippen MR) is 53.7 cm³/mol. The molecule has 2 rings (SSSR count). The molecule has 5 heteroatoms. The van der Waals surface area contributed by atoms with Gasteiger partial charge in [0, 0.05) is 30.9 Å². The van der Waals surface area contributed by atoms with E-state index >= 15 is 0 Å². The van der Waals surface area contributed by atoms with E-state index in [-0.39, 0.29) is 11.8 Å². The van der Waals surface area contributed by atoms with Gasteiger partial charge in [0.1, 0.15) is 0 Å². The molecule has 0 saturated carbocycles. The van der Waals surface area contributed by atoms with Gasteiger partial charge in [0.2, 0.25) is 11.9 Å². The Morgan fingerprint density at radius 3 is 3.07 bits per heavy atom. The third-order valence-electron chi connectivity index (χ3n) is 2.56. The average molecular weight is 209 g/mol. The van der Waals surface area contributed by atoms with E-state index in [1.807, 2.05) is 0 Å². The van der Waals surface area contributed by atoms with Crippen LogP contribution in [0.2, 0.25) is 0 Å². The molecule has 1 unspecified atom stereocenters. The average Bonchev–Trinajstić information content (AvgIpc) is 2.60. The maximum Gasteiger partial charge on any atom is 0.227 e. The molecule has 2 N–H and O–H groups in total. The Balaban J connectivity index is 2.21. The molecule has 2 heterocycles. The van der Waals surface area contributed by atoms with E-state index in [9.17, 15) is 9.18 Å². The lowest BCUT2D eigenvalue weighted by Crippen LogP contribution is -2.25. The summed E-state index contributed by atoms with van der Waals surface area (Å²) in [5.74, 6) is -0.402. The summed E-state index contributed by atoms with van der Waals surface area (Å²) in [6.45, 7) is 1.05. The summed E-state index contributed by atoms with van der Waals surface area (Å²) < 4.78 is 12.9. The van der Waals surface area contributed by atoms with Gasteiger partial charge in [-0.05, 0) is 18.5 Å². The van der Waals surface area contributed by atoms with Gasteiger partial charge in [0.15, 0.2) is 0 Å². The molecular formula is C10H12FN3O. The molecule has 15 heavy (non-hydrogen) atoms. The number of carbonyl (C=O) groups excluding carboxylic acids is 1. The van der Waals surface area contributed by atoms with Gasteiger partial charge in [-0.1, -0.05) is 0 Å². The second-order valence-corrected chi connectivity index (χ2v) is 3.65. The number of nitrogens with zero attached hydrogens (tertiary/aromatic N) is 2. The van der Waals surface area contributed by atoms with E-state index < -0.39 is 5.95 Å². The summed E-state index contributed by atoms with van der Waals surface area (Å²) >= 11 is 0. The van der Waals surface area contributed by atoms with Crippen LogP contribution >= 0.6 is 0 Å². The van der Waals surface area contributed by atoms with Crippen LogP contribution in [0.15, 0.2) is 18.3 Å². The van der Waals surface area contributed by atoms with Crippen LogP contribution < -0.4 is 10.6 Å². The first kappa shape index (κ1) is 10.0. The van der Waals surface area contributed by atoms with Crippen LogP contribution in [0.1, 0.15) is 6.42 Å². The number of pyridine rings is 1. The minimum atomic E-state index is -0.573. The molecule has 1 aliphatic rings. The lowest BCUT2D eigenvalue weighted by atomic mass is 10.1. The fourth-order valence-corrected chi connectivity index (χ4v) is 1.75. The van der Waals surface area contributed by atoms with Crippen LogP contribution in [0.5, 0.6) is 0 Å². The second kappa shape index (κ2) is 3.94. The van der Waals surface area contributed by atoms with Gasteiger partial charge in [0.25, 0.3) is 0 Å². The molecular weight excluding hydrogens is 197 g/mol. The Labute approximate surface area is 86.9 Å². The second-order valence-electron chi connectivity index (χ2n) is 3.65. The van der Waals surface area contributed by atoms with E-state index in [1.54, 1.807) is 11.0 Å². The van der Waals surface area contributed by atoms with Crippen molar-refractivity contribution < 1.29 is 9.18 Å². The third kappa shape index (κ3) is 1.97. The SMILES string of the molecule is NCC1CC(=O)N(c2ccnc(F)c2)C1. The number of nitrogens with two attached hydrogens (primary N) is 1. The fraction of sp³-hybridized carbons (Fsp3) is 0.400. The zero-order chi connectivity index (χ0) is 10.8. The number of carbonyl (C=O) groups is 1. The van der Waals surface area contributed by atoms with E-state index in [0.717, 1.165) is 0 Å². The summed E-state index contributed by atoms with van der Waals surface area (Å²) in [6.07, 6.45) is 1.80. The van der Waals surface area contributed by atoms with Crippen LogP contribution in [0, 0.1) is 11.9 Å². The minimum Gasteiger partial charge on any atom is -0.330 e. The molecule has 0 spiro atoms. The van der Waals surface area contributed by atoms with Crippen LogP contribution in [-0.4, -0.2) is 24.0 Å². The van der Waals surface area contributed by atoms with E-state index in [1.165, 1.54) is 12.3 Å². The molecule has 80 valence electrons. The highest BCUT2D eigenvalue weighted by atomic mass is 19.1. The molecule has 1 fully saturated rings. The van der Waals surface area contributed by atoms with Crippen molar-refractivity contribution in [3.63, 3.8) is 0 Å². The number of rotatable bonds is 2. The van der Waals surface area contributed by atoms with Crippen molar-refractivity contribution in [3.8, 4) is 0 Å². The van der Waals surface area contributed by atoms with E-state index in [4.69, 9.17) is 5.73 Å². The van der Waals surface area contributed by atoms with Crippen molar-refractivity contribution in [3.05, 3.63) is 24.3 Å². The Morgan fingerprint density at radius 2 is 2.47 bits per heavy atom. The molecule has 4 nitrogen and oxygen atoms in total. The van der Waals surface area contributed by atoms with Crippen LogP contribution in [0.25, 0.3) is 0 Å². The summed E-state index contributed by atoms with van der Waals surface area (Å²) in [7, 11) is 0. The molecule has 1 amide bonds. The van der Waals surface area contributed by atoms with Crippen LogP contribution in [-0.2, 0) is 4.79 Å². The minimum absolute atomic E-state index is 0.00366. The lowest BCUT2D eigenvalue weighted by molar-refractivity contribution is -0.117. The maximum absolute atomic E-state index is 12.9. The van der Waals surface area contributed by atoms with Crippen molar-refractivity contribution >= 4 is 11.6 Å². The number of hydrogen-bond donors (Lipinski definition) is 1. The summed E-state index contributed by atoms with van der Waals surface area (Å²) in [4.78, 5) is 16.6. The number of aromatic nitrogens is 1. The van der Waals surface area contributed by atoms with Gasteiger partial charge < -0.3 is 10.6 Å². The molecule has 1 saturated heterocycles. The highest BCUT2D eigenvalue weighted by Crippen LogP contribution is 2.24. The van der Waals surface area contributed by atoms with Gasteiger partial charge >= 0.3 is 0 Å². The number of amides is 1. The number of hydrogen-bond acceptors (Lipinski definition) is 3. The maximum atomic E-state index is 12.9. The van der Waals surface area contributed by atoms with Gasteiger partial charge in [-0.15, -0.1) is 0 Å². The van der Waals surface area contributed by atoms with Gasteiger partial charge in [0.05, 0.1) is 0 Å². The number of anilines is 1. The smallest absolute Gasteiger partial charge is 0.227 e. The monoisotopic (exact) mass is 209 g/mol. The molecule has 1 atom stereocenters. The molecule has 0 radical (unpaired) electrons. The molecule has 0 bridgehead atoms. The van der Waals surface area contributed by atoms with Gasteiger partial charge in [-0.2, -0.15) is 4.39 Å². The van der Waals surface area contributed by atoms with Crippen LogP contribution in [0.3, 0.4) is 0 Å². The van der Waals surface area contributed by atoms with Crippen molar-refractivity contribution in [1.29, 1.82) is 0 Å². The Kier molecular flexibility index (Phi) is 2.64. The standard InChI is InChI=1S/C10H12FN3O/c11-9-4-8(1-2-13-9)14-6-7(5-12)3-10(14)15/h1-2,4,7H,3,5-6,12H2. The fourth-order valence-electron chi connectivity index (χ4n) is 1.75. The van der Waals surface area contributed by atoms with Crippen molar-refractivity contribution in [2.24, 2.45) is 11.7 Å². The first-order valence-corrected chi connectivity index (χ1v) is 4.82. The highest BCUT2D eigenvalue weighted by molar-refractivity contribution is 5.95. The van der Waals surface area contributed by atoms with Crippen molar-refractivity contribution in [2.45, 2.75) is 6.42 Å². The topological polar surface area (TPSA) is 59.2 Å². The quantitative estimate of drug-likeness (QED) is 0.723. The summed E-state index contributed by atoms with van der Waals surface area (Å²) in [5.41, 5.74) is 6.06. The van der Waals surface area contributed by atoms with Crippen molar-refractivity contribution in [1.82, 2.24) is 4.98 Å². The van der Waals surface area contributed by atoms with Crippen molar-refractivity contribution in [2.75, 3.05) is 18.0 Å². The summed E-state index contributed by atoms with van der Waals surface area (Å²) in [6, 6.07) is 2.89. The Bertz CT molecular complexity index is 383. The third-order valence-corrected chi connectivity index (χ3v) is 2.56.